The second kappa shape index (κ2) is 14.3. The number of rotatable bonds is 10. The first-order valence-corrected chi connectivity index (χ1v) is 14.8. The number of benzene rings is 3. The lowest BCUT2D eigenvalue weighted by Gasteiger charge is -2.28. The van der Waals surface area contributed by atoms with E-state index in [0.717, 1.165) is 28.7 Å². The van der Waals surface area contributed by atoms with E-state index < -0.39 is 17.5 Å². The van der Waals surface area contributed by atoms with Crippen molar-refractivity contribution in [1.29, 1.82) is 0 Å². The summed E-state index contributed by atoms with van der Waals surface area (Å²) in [4.78, 5) is 45.0. The number of amides is 3. The van der Waals surface area contributed by atoms with Crippen molar-refractivity contribution < 1.29 is 19.1 Å². The molecule has 214 valence electrons. The lowest BCUT2D eigenvalue weighted by Crippen LogP contribution is -2.45. The van der Waals surface area contributed by atoms with Gasteiger partial charge in [0.2, 0.25) is 11.8 Å². The van der Waals surface area contributed by atoms with Crippen molar-refractivity contribution >= 4 is 35.4 Å². The van der Waals surface area contributed by atoms with E-state index in [-0.39, 0.29) is 24.8 Å². The number of carbonyl (C=O) groups is 3. The summed E-state index contributed by atoms with van der Waals surface area (Å²) in [6.07, 6.45) is 3.72. The van der Waals surface area contributed by atoms with E-state index in [0.29, 0.717) is 18.0 Å². The Morgan fingerprint density at radius 1 is 0.857 bits per heavy atom. The molecule has 2 N–H and O–H groups in total. The number of hydrogen-bond donors (Lipinski definition) is 2. The van der Waals surface area contributed by atoms with Gasteiger partial charge in [-0.05, 0) is 52.9 Å². The molecule has 2 heterocycles. The second-order valence-electron chi connectivity index (χ2n) is 9.88. The average molecular weight is 581 g/mol. The molecule has 1 aromatic heterocycles. The van der Waals surface area contributed by atoms with Gasteiger partial charge in [-0.25, -0.2) is 4.79 Å². The number of nitrogens with zero attached hydrogens (tertiary/aromatic N) is 2. The summed E-state index contributed by atoms with van der Waals surface area (Å²) in [5.74, 6) is -0.00252. The highest BCUT2D eigenvalue weighted by molar-refractivity contribution is 7.99. The monoisotopic (exact) mass is 580 g/mol. The third-order valence-electron chi connectivity index (χ3n) is 6.85. The van der Waals surface area contributed by atoms with E-state index >= 15 is 0 Å². The molecular weight excluding hydrogens is 548 g/mol. The summed E-state index contributed by atoms with van der Waals surface area (Å²) in [6, 6.07) is 29.6. The first-order valence-electron chi connectivity index (χ1n) is 13.8. The predicted octanol–water partition coefficient (Wildman–Crippen LogP) is 5.37. The molecule has 1 aliphatic heterocycles. The van der Waals surface area contributed by atoms with Crippen molar-refractivity contribution in [2.75, 3.05) is 17.6 Å². The van der Waals surface area contributed by atoms with E-state index in [4.69, 9.17) is 4.74 Å². The zero-order valence-corrected chi connectivity index (χ0v) is 23.8. The van der Waals surface area contributed by atoms with Crippen LogP contribution >= 0.6 is 11.8 Å². The summed E-state index contributed by atoms with van der Waals surface area (Å²) >= 11 is 1.50. The van der Waals surface area contributed by atoms with E-state index in [1.165, 1.54) is 16.7 Å². The predicted molar refractivity (Wildman–Crippen MR) is 164 cm³/mol. The van der Waals surface area contributed by atoms with Crippen LogP contribution in [0.2, 0.25) is 0 Å². The summed E-state index contributed by atoms with van der Waals surface area (Å²) in [7, 11) is 0. The SMILES string of the molecule is O=C(Cc1cccc(NC(=O)C2CSC(c3ccncc3)N2C(=O)OCc2ccccc2)c1)NCCc1ccccc1. The number of thioether (sulfide) groups is 1. The smallest absolute Gasteiger partial charge is 0.412 e. The fourth-order valence-corrected chi connectivity index (χ4v) is 6.15. The Labute approximate surface area is 249 Å². The molecule has 1 aliphatic rings. The van der Waals surface area contributed by atoms with Crippen molar-refractivity contribution in [2.24, 2.45) is 0 Å². The molecule has 9 heteroatoms. The molecule has 3 aromatic carbocycles. The Balaban J connectivity index is 1.22. The molecule has 0 spiro atoms. The molecule has 0 bridgehead atoms. The number of pyridine rings is 1. The first-order chi connectivity index (χ1) is 20.6. The fraction of sp³-hybridized carbons (Fsp3) is 0.212. The minimum Gasteiger partial charge on any atom is -0.444 e. The Bertz CT molecular complexity index is 1490. The molecule has 0 radical (unpaired) electrons. The number of nitrogens with one attached hydrogen (secondary N) is 2. The fourth-order valence-electron chi connectivity index (χ4n) is 4.73. The first kappa shape index (κ1) is 28.9. The van der Waals surface area contributed by atoms with Gasteiger partial charge in [-0.2, -0.15) is 0 Å². The van der Waals surface area contributed by atoms with Crippen molar-refractivity contribution in [2.45, 2.75) is 30.9 Å². The highest BCUT2D eigenvalue weighted by Gasteiger charge is 2.43. The number of hydrogen-bond acceptors (Lipinski definition) is 6. The number of anilines is 1. The van der Waals surface area contributed by atoms with E-state index in [1.807, 2.05) is 78.9 Å². The van der Waals surface area contributed by atoms with Gasteiger partial charge >= 0.3 is 6.09 Å². The van der Waals surface area contributed by atoms with Gasteiger partial charge in [-0.1, -0.05) is 72.8 Å². The van der Waals surface area contributed by atoms with Crippen LogP contribution in [-0.2, 0) is 33.8 Å². The largest absolute Gasteiger partial charge is 0.444 e. The van der Waals surface area contributed by atoms with Crippen LogP contribution in [0.1, 0.15) is 27.6 Å². The third-order valence-corrected chi connectivity index (χ3v) is 8.17. The van der Waals surface area contributed by atoms with Crippen molar-refractivity contribution in [3.63, 3.8) is 0 Å². The van der Waals surface area contributed by atoms with Crippen LogP contribution in [0.15, 0.2) is 109 Å². The number of ether oxygens (including phenoxy) is 1. The van der Waals surface area contributed by atoms with E-state index in [1.54, 1.807) is 30.6 Å². The Kier molecular flexibility index (Phi) is 9.85. The Hall–Kier alpha value is -4.63. The molecule has 42 heavy (non-hydrogen) atoms. The van der Waals surface area contributed by atoms with Gasteiger partial charge in [0.15, 0.2) is 0 Å². The van der Waals surface area contributed by atoms with Crippen LogP contribution in [0, 0.1) is 0 Å². The summed E-state index contributed by atoms with van der Waals surface area (Å²) in [5, 5.41) is 5.51. The molecule has 3 amide bonds. The lowest BCUT2D eigenvalue weighted by molar-refractivity contribution is -0.121. The van der Waals surface area contributed by atoms with Gasteiger partial charge in [0.25, 0.3) is 0 Å². The van der Waals surface area contributed by atoms with Gasteiger partial charge in [0.05, 0.1) is 6.42 Å². The zero-order valence-electron chi connectivity index (χ0n) is 23.0. The highest BCUT2D eigenvalue weighted by Crippen LogP contribution is 2.42. The van der Waals surface area contributed by atoms with Gasteiger partial charge in [-0.3, -0.25) is 19.5 Å². The topological polar surface area (TPSA) is 101 Å². The second-order valence-corrected chi connectivity index (χ2v) is 11.0. The standard InChI is InChI=1S/C33H32N4O4S/c38-30(35-19-14-24-8-3-1-4-9-24)21-26-12-7-13-28(20-26)36-31(39)29-23-42-32(27-15-17-34-18-16-27)37(29)33(40)41-22-25-10-5-2-6-11-25/h1-13,15-18,20,29,32H,14,19,21-23H2,(H,35,38)(H,36,39). The Morgan fingerprint density at radius 3 is 2.29 bits per heavy atom. The molecule has 5 rings (SSSR count). The van der Waals surface area contributed by atoms with Crippen molar-refractivity contribution in [3.8, 4) is 0 Å². The average Bonchev–Trinajstić information content (AvgIpc) is 3.47. The van der Waals surface area contributed by atoms with Crippen molar-refractivity contribution in [1.82, 2.24) is 15.2 Å². The molecule has 1 fully saturated rings. The minimum atomic E-state index is -0.749. The lowest BCUT2D eigenvalue weighted by atomic mass is 10.1. The number of aromatic nitrogens is 1. The summed E-state index contributed by atoms with van der Waals surface area (Å²) in [6.45, 7) is 0.654. The van der Waals surface area contributed by atoms with Crippen LogP contribution in [0.25, 0.3) is 0 Å². The highest BCUT2D eigenvalue weighted by atomic mass is 32.2. The maximum absolute atomic E-state index is 13.5. The quantitative estimate of drug-likeness (QED) is 0.262. The van der Waals surface area contributed by atoms with Gasteiger partial charge in [-0.15, -0.1) is 11.8 Å². The molecule has 0 saturated carbocycles. The maximum atomic E-state index is 13.5. The third kappa shape index (κ3) is 7.76. The molecule has 1 saturated heterocycles. The van der Waals surface area contributed by atoms with Crippen LogP contribution < -0.4 is 10.6 Å². The van der Waals surface area contributed by atoms with Crippen LogP contribution in [0.5, 0.6) is 0 Å². The van der Waals surface area contributed by atoms with E-state index in [2.05, 4.69) is 15.6 Å². The maximum Gasteiger partial charge on any atom is 0.412 e. The van der Waals surface area contributed by atoms with Crippen molar-refractivity contribution in [3.05, 3.63) is 132 Å². The molecule has 0 aliphatic carbocycles. The molecule has 2 unspecified atom stereocenters. The Morgan fingerprint density at radius 2 is 1.55 bits per heavy atom. The summed E-state index contributed by atoms with van der Waals surface area (Å²) in [5.41, 5.74) is 4.23. The zero-order chi connectivity index (χ0) is 29.1. The van der Waals surface area contributed by atoms with Gasteiger partial charge in [0, 0.05) is 30.4 Å². The number of carbonyl (C=O) groups excluding carboxylic acids is 3. The molecule has 4 aromatic rings. The van der Waals surface area contributed by atoms with Crippen LogP contribution in [0.4, 0.5) is 10.5 Å². The van der Waals surface area contributed by atoms with Crippen LogP contribution in [0.3, 0.4) is 0 Å². The molecule has 8 nitrogen and oxygen atoms in total. The van der Waals surface area contributed by atoms with Gasteiger partial charge in [0.1, 0.15) is 18.0 Å². The normalized spacial score (nSPS) is 16.0. The van der Waals surface area contributed by atoms with Gasteiger partial charge < -0.3 is 15.4 Å². The molecule has 2 atom stereocenters. The molecular formula is C33H32N4O4S. The van der Waals surface area contributed by atoms with Crippen LogP contribution in [-0.4, -0.2) is 46.1 Å². The van der Waals surface area contributed by atoms with E-state index in [9.17, 15) is 14.4 Å². The minimum absolute atomic E-state index is 0.0888. The summed E-state index contributed by atoms with van der Waals surface area (Å²) < 4.78 is 5.65.